The number of thioether (sulfide) groups is 1. The molecule has 2 heterocycles. The molecule has 3 nitrogen and oxygen atoms in total. The van der Waals surface area contributed by atoms with Crippen molar-refractivity contribution in [2.75, 3.05) is 5.75 Å². The monoisotopic (exact) mass is 305 g/mol. The number of hydrogen-bond acceptors (Lipinski definition) is 4. The van der Waals surface area contributed by atoms with E-state index in [4.69, 9.17) is 0 Å². The van der Waals surface area contributed by atoms with Crippen LogP contribution >= 0.6 is 11.8 Å². The number of rotatable bonds is 2. The number of benzene rings is 1. The van der Waals surface area contributed by atoms with Crippen LogP contribution < -0.4 is 0 Å². The zero-order valence-corrected chi connectivity index (χ0v) is 12.2. The standard InChI is InChI=1S/C15H13F2N3S/c1-15(2-3-21-9-20-15)12-4-11(13(16)5-14(12)17)10-6-18-8-19-7-10/h4-9H,2-3H2,1H3/t15-/m0/s1. The molecular weight excluding hydrogens is 292 g/mol. The van der Waals surface area contributed by atoms with Gasteiger partial charge in [-0.15, -0.1) is 11.8 Å². The maximum Gasteiger partial charge on any atom is 0.134 e. The minimum atomic E-state index is -0.659. The fourth-order valence-corrected chi connectivity index (χ4v) is 3.28. The van der Waals surface area contributed by atoms with Crippen molar-refractivity contribution in [3.05, 3.63) is 48.1 Å². The second-order valence-electron chi connectivity index (χ2n) is 5.07. The first-order valence-electron chi connectivity index (χ1n) is 6.50. The van der Waals surface area contributed by atoms with Crippen LogP contribution in [0.15, 0.2) is 35.8 Å². The molecule has 0 fully saturated rings. The molecule has 1 atom stereocenters. The van der Waals surface area contributed by atoms with Crippen molar-refractivity contribution in [2.45, 2.75) is 18.9 Å². The Morgan fingerprint density at radius 3 is 2.57 bits per heavy atom. The highest BCUT2D eigenvalue weighted by Gasteiger charge is 2.31. The summed E-state index contributed by atoms with van der Waals surface area (Å²) in [7, 11) is 0. The second kappa shape index (κ2) is 5.52. The summed E-state index contributed by atoms with van der Waals surface area (Å²) in [6, 6.07) is 2.44. The summed E-state index contributed by atoms with van der Waals surface area (Å²) in [4.78, 5) is 12.2. The van der Waals surface area contributed by atoms with E-state index in [1.54, 1.807) is 17.3 Å². The van der Waals surface area contributed by atoms with Crippen LogP contribution in [-0.2, 0) is 5.54 Å². The molecule has 0 amide bonds. The van der Waals surface area contributed by atoms with Crippen molar-refractivity contribution >= 4 is 17.3 Å². The van der Waals surface area contributed by atoms with E-state index in [-0.39, 0.29) is 0 Å². The molecule has 6 heteroatoms. The average Bonchev–Trinajstić information content (AvgIpc) is 2.48. The van der Waals surface area contributed by atoms with Crippen molar-refractivity contribution < 1.29 is 8.78 Å². The van der Waals surface area contributed by atoms with Gasteiger partial charge in [0.2, 0.25) is 0 Å². The Hall–Kier alpha value is -1.82. The molecule has 108 valence electrons. The maximum absolute atomic E-state index is 14.2. The fourth-order valence-electron chi connectivity index (χ4n) is 2.35. The van der Waals surface area contributed by atoms with E-state index in [0.29, 0.717) is 23.1 Å². The minimum absolute atomic E-state index is 0.293. The van der Waals surface area contributed by atoms with Gasteiger partial charge in [0.05, 0.1) is 11.1 Å². The zero-order chi connectivity index (χ0) is 14.9. The molecule has 1 aliphatic heterocycles. The summed E-state index contributed by atoms with van der Waals surface area (Å²) in [5.74, 6) is -0.330. The minimum Gasteiger partial charge on any atom is -0.275 e. The van der Waals surface area contributed by atoms with Crippen LogP contribution in [0.5, 0.6) is 0 Å². The van der Waals surface area contributed by atoms with Crippen LogP contribution in [-0.4, -0.2) is 21.3 Å². The van der Waals surface area contributed by atoms with Crippen LogP contribution in [0.4, 0.5) is 8.78 Å². The third-order valence-electron chi connectivity index (χ3n) is 3.63. The van der Waals surface area contributed by atoms with E-state index in [2.05, 4.69) is 15.0 Å². The third-order valence-corrected chi connectivity index (χ3v) is 4.32. The Balaban J connectivity index is 2.14. The van der Waals surface area contributed by atoms with Crippen LogP contribution in [0.2, 0.25) is 0 Å². The van der Waals surface area contributed by atoms with Crippen molar-refractivity contribution in [3.63, 3.8) is 0 Å². The van der Waals surface area contributed by atoms with E-state index in [0.717, 1.165) is 11.8 Å². The molecule has 1 aromatic carbocycles. The Labute approximate surface area is 125 Å². The molecule has 0 unspecified atom stereocenters. The summed E-state index contributed by atoms with van der Waals surface area (Å²) >= 11 is 1.59. The molecule has 0 radical (unpaired) electrons. The average molecular weight is 305 g/mol. The third kappa shape index (κ3) is 2.68. The van der Waals surface area contributed by atoms with E-state index in [1.165, 1.54) is 24.8 Å². The Morgan fingerprint density at radius 2 is 1.90 bits per heavy atom. The number of hydrogen-bond donors (Lipinski definition) is 0. The maximum atomic E-state index is 14.2. The topological polar surface area (TPSA) is 38.1 Å². The van der Waals surface area contributed by atoms with Gasteiger partial charge < -0.3 is 0 Å². The summed E-state index contributed by atoms with van der Waals surface area (Å²) in [5.41, 5.74) is 2.29. The first-order valence-corrected chi connectivity index (χ1v) is 7.55. The van der Waals surface area contributed by atoms with Gasteiger partial charge in [-0.1, -0.05) is 0 Å². The molecule has 0 N–H and O–H groups in total. The van der Waals surface area contributed by atoms with Crippen LogP contribution in [0, 0.1) is 11.6 Å². The summed E-state index contributed by atoms with van der Waals surface area (Å²) in [6.07, 6.45) is 5.10. The number of nitrogens with zero attached hydrogens (tertiary/aromatic N) is 3. The van der Waals surface area contributed by atoms with E-state index < -0.39 is 17.2 Å². The quantitative estimate of drug-likeness (QED) is 0.847. The van der Waals surface area contributed by atoms with Crippen LogP contribution in [0.1, 0.15) is 18.9 Å². The second-order valence-corrected chi connectivity index (χ2v) is 6.02. The molecular formula is C15H13F2N3S. The lowest BCUT2D eigenvalue weighted by Gasteiger charge is -2.29. The summed E-state index contributed by atoms with van der Waals surface area (Å²) < 4.78 is 28.3. The lowest BCUT2D eigenvalue weighted by molar-refractivity contribution is 0.449. The Bertz CT molecular complexity index is 691. The first-order chi connectivity index (χ1) is 10.1. The Morgan fingerprint density at radius 1 is 1.14 bits per heavy atom. The first kappa shape index (κ1) is 14.1. The molecule has 0 aliphatic carbocycles. The molecule has 0 bridgehead atoms. The van der Waals surface area contributed by atoms with Crippen molar-refractivity contribution in [1.82, 2.24) is 9.97 Å². The number of aromatic nitrogens is 2. The van der Waals surface area contributed by atoms with Crippen LogP contribution in [0.25, 0.3) is 11.1 Å². The molecule has 0 saturated heterocycles. The van der Waals surface area contributed by atoms with Crippen molar-refractivity contribution in [2.24, 2.45) is 4.99 Å². The van der Waals surface area contributed by atoms with E-state index in [9.17, 15) is 8.78 Å². The molecule has 0 saturated carbocycles. The highest BCUT2D eigenvalue weighted by atomic mass is 32.2. The summed E-state index contributed by atoms with van der Waals surface area (Å²) in [5, 5.41) is 0. The predicted octanol–water partition coefficient (Wildman–Crippen LogP) is 3.80. The predicted molar refractivity (Wildman–Crippen MR) is 80.3 cm³/mol. The highest BCUT2D eigenvalue weighted by molar-refractivity contribution is 8.12. The normalized spacial score (nSPS) is 21.5. The molecule has 21 heavy (non-hydrogen) atoms. The van der Waals surface area contributed by atoms with E-state index in [1.807, 2.05) is 6.92 Å². The molecule has 0 spiro atoms. The zero-order valence-electron chi connectivity index (χ0n) is 11.4. The lowest BCUT2D eigenvalue weighted by atomic mass is 9.87. The van der Waals surface area contributed by atoms with Gasteiger partial charge in [0, 0.05) is 40.9 Å². The van der Waals surface area contributed by atoms with Gasteiger partial charge in [-0.05, 0) is 19.4 Å². The van der Waals surface area contributed by atoms with Gasteiger partial charge in [0.15, 0.2) is 0 Å². The number of aliphatic imine (C=N–C) groups is 1. The summed E-state index contributed by atoms with van der Waals surface area (Å²) in [6.45, 7) is 1.87. The Kier molecular flexibility index (Phi) is 3.71. The SMILES string of the molecule is C[C@@]1(c2cc(-c3cncnc3)c(F)cc2F)CCSC=N1. The van der Waals surface area contributed by atoms with Gasteiger partial charge >= 0.3 is 0 Å². The van der Waals surface area contributed by atoms with Gasteiger partial charge in [-0.3, -0.25) is 4.99 Å². The molecule has 1 aliphatic rings. The number of halogens is 2. The molecule has 1 aromatic heterocycles. The fraction of sp³-hybridized carbons (Fsp3) is 0.267. The van der Waals surface area contributed by atoms with Crippen LogP contribution in [0.3, 0.4) is 0 Å². The molecule has 3 rings (SSSR count). The highest BCUT2D eigenvalue weighted by Crippen LogP contribution is 2.37. The smallest absolute Gasteiger partial charge is 0.134 e. The van der Waals surface area contributed by atoms with Gasteiger partial charge in [-0.2, -0.15) is 0 Å². The lowest BCUT2D eigenvalue weighted by Crippen LogP contribution is -2.24. The molecule has 2 aromatic rings. The van der Waals surface area contributed by atoms with Crippen molar-refractivity contribution in [3.8, 4) is 11.1 Å². The van der Waals surface area contributed by atoms with Gasteiger partial charge in [-0.25, -0.2) is 18.7 Å². The largest absolute Gasteiger partial charge is 0.275 e. The van der Waals surface area contributed by atoms with Gasteiger partial charge in [0.25, 0.3) is 0 Å². The van der Waals surface area contributed by atoms with Gasteiger partial charge in [0.1, 0.15) is 18.0 Å². The van der Waals surface area contributed by atoms with E-state index >= 15 is 0 Å². The van der Waals surface area contributed by atoms with Crippen molar-refractivity contribution in [1.29, 1.82) is 0 Å².